The van der Waals surface area contributed by atoms with Crippen molar-refractivity contribution in [1.82, 2.24) is 0 Å². The van der Waals surface area contributed by atoms with Gasteiger partial charge in [-0.05, 0) is 64.0 Å². The van der Waals surface area contributed by atoms with Crippen molar-refractivity contribution in [2.75, 3.05) is 11.9 Å². The second-order valence-electron chi connectivity index (χ2n) is 5.71. The number of carbonyl (C=O) groups excluding carboxylic acids is 1. The van der Waals surface area contributed by atoms with Gasteiger partial charge in [0.2, 0.25) is 0 Å². The average molecular weight is 491 g/mol. The van der Waals surface area contributed by atoms with E-state index in [1.165, 1.54) is 0 Å². The minimum absolute atomic E-state index is 0.0769. The average Bonchev–Trinajstić information content (AvgIpc) is 2.67. The number of ether oxygens (including phenoxy) is 2. The Balaban J connectivity index is 1.48. The van der Waals surface area contributed by atoms with E-state index in [0.29, 0.717) is 18.0 Å². The first-order valence-corrected chi connectivity index (χ1v) is 9.83. The molecule has 0 aliphatic carbocycles. The molecule has 0 saturated heterocycles. The van der Waals surface area contributed by atoms with Gasteiger partial charge in [-0.15, -0.1) is 0 Å². The Morgan fingerprint density at radius 3 is 2.33 bits per heavy atom. The van der Waals surface area contributed by atoms with Gasteiger partial charge in [-0.1, -0.05) is 46.3 Å². The topological polar surface area (TPSA) is 47.6 Å². The lowest BCUT2D eigenvalue weighted by molar-refractivity contribution is -0.118. The summed E-state index contributed by atoms with van der Waals surface area (Å²) in [5.74, 6) is 1.12. The molecule has 3 rings (SSSR count). The number of nitrogens with one attached hydrogen (secondary N) is 1. The van der Waals surface area contributed by atoms with Crippen LogP contribution in [0.5, 0.6) is 11.5 Å². The third-order valence-electron chi connectivity index (χ3n) is 3.64. The third kappa shape index (κ3) is 6.12. The summed E-state index contributed by atoms with van der Waals surface area (Å²) >= 11 is 6.78. The number of rotatable bonds is 7. The van der Waals surface area contributed by atoms with Gasteiger partial charge >= 0.3 is 0 Å². The Labute approximate surface area is 174 Å². The molecule has 0 atom stereocenters. The van der Waals surface area contributed by atoms with Crippen LogP contribution in [0.4, 0.5) is 5.69 Å². The lowest BCUT2D eigenvalue weighted by Crippen LogP contribution is -2.20. The van der Waals surface area contributed by atoms with Crippen LogP contribution < -0.4 is 14.8 Å². The molecule has 0 unspecified atom stereocenters. The molecule has 1 amide bonds. The van der Waals surface area contributed by atoms with Crippen LogP contribution in [0.1, 0.15) is 5.56 Å². The number of hydrogen-bond donors (Lipinski definition) is 1. The SMILES string of the molecule is O=C(COc1ccc(Br)cc1Br)Nc1ccc(OCc2ccccc2)cc1. The van der Waals surface area contributed by atoms with Crippen molar-refractivity contribution in [2.45, 2.75) is 6.61 Å². The summed E-state index contributed by atoms with van der Waals surface area (Å²) < 4.78 is 13.0. The van der Waals surface area contributed by atoms with E-state index in [0.717, 1.165) is 20.3 Å². The number of halogens is 2. The molecule has 0 aliphatic heterocycles. The first kappa shape index (κ1) is 19.5. The van der Waals surface area contributed by atoms with E-state index in [4.69, 9.17) is 9.47 Å². The summed E-state index contributed by atoms with van der Waals surface area (Å²) in [5.41, 5.74) is 1.79. The van der Waals surface area contributed by atoms with Gasteiger partial charge in [0.25, 0.3) is 5.91 Å². The molecule has 6 heteroatoms. The fourth-order valence-electron chi connectivity index (χ4n) is 2.31. The zero-order valence-corrected chi connectivity index (χ0v) is 17.5. The summed E-state index contributed by atoms with van der Waals surface area (Å²) in [4.78, 5) is 12.1. The van der Waals surface area contributed by atoms with Crippen molar-refractivity contribution >= 4 is 43.5 Å². The Morgan fingerprint density at radius 1 is 0.889 bits per heavy atom. The zero-order valence-electron chi connectivity index (χ0n) is 14.3. The van der Waals surface area contributed by atoms with Crippen LogP contribution in [0.25, 0.3) is 0 Å². The quantitative estimate of drug-likeness (QED) is 0.454. The van der Waals surface area contributed by atoms with E-state index < -0.39 is 0 Å². The summed E-state index contributed by atoms with van der Waals surface area (Å²) in [6.45, 7) is 0.426. The van der Waals surface area contributed by atoms with Gasteiger partial charge in [0.15, 0.2) is 6.61 Å². The Kier molecular flexibility index (Phi) is 6.90. The second kappa shape index (κ2) is 9.58. The van der Waals surface area contributed by atoms with Gasteiger partial charge < -0.3 is 14.8 Å². The van der Waals surface area contributed by atoms with E-state index in [1.807, 2.05) is 54.6 Å². The van der Waals surface area contributed by atoms with Gasteiger partial charge in [0, 0.05) is 10.2 Å². The van der Waals surface area contributed by atoms with E-state index >= 15 is 0 Å². The standard InChI is InChI=1S/C21H17Br2NO3/c22-16-6-11-20(19(23)12-16)27-14-21(25)24-17-7-9-18(10-8-17)26-13-15-4-2-1-3-5-15/h1-12H,13-14H2,(H,24,25). The highest BCUT2D eigenvalue weighted by molar-refractivity contribution is 9.11. The molecule has 0 spiro atoms. The minimum Gasteiger partial charge on any atom is -0.489 e. The molecule has 0 bridgehead atoms. The molecule has 4 nitrogen and oxygen atoms in total. The number of carbonyl (C=O) groups is 1. The molecule has 0 aromatic heterocycles. The molecular weight excluding hydrogens is 474 g/mol. The maximum absolute atomic E-state index is 12.1. The fraction of sp³-hybridized carbons (Fsp3) is 0.0952. The van der Waals surface area contributed by atoms with Crippen molar-refractivity contribution in [3.05, 3.63) is 87.3 Å². The molecular formula is C21H17Br2NO3. The van der Waals surface area contributed by atoms with Crippen molar-refractivity contribution < 1.29 is 14.3 Å². The van der Waals surface area contributed by atoms with E-state index in [2.05, 4.69) is 37.2 Å². The van der Waals surface area contributed by atoms with Crippen LogP contribution in [-0.2, 0) is 11.4 Å². The van der Waals surface area contributed by atoms with Crippen LogP contribution in [0.15, 0.2) is 81.7 Å². The molecule has 1 N–H and O–H groups in total. The smallest absolute Gasteiger partial charge is 0.262 e. The molecule has 0 heterocycles. The third-order valence-corrected chi connectivity index (χ3v) is 4.75. The monoisotopic (exact) mass is 489 g/mol. The van der Waals surface area contributed by atoms with Gasteiger partial charge in [-0.25, -0.2) is 0 Å². The molecule has 3 aromatic rings. The van der Waals surface area contributed by atoms with Crippen molar-refractivity contribution in [3.8, 4) is 11.5 Å². The van der Waals surface area contributed by atoms with Gasteiger partial charge in [0.05, 0.1) is 4.47 Å². The summed E-state index contributed by atoms with van der Waals surface area (Å²) in [7, 11) is 0. The van der Waals surface area contributed by atoms with Crippen LogP contribution in [0.3, 0.4) is 0 Å². The lowest BCUT2D eigenvalue weighted by atomic mass is 10.2. The highest BCUT2D eigenvalue weighted by Crippen LogP contribution is 2.28. The van der Waals surface area contributed by atoms with Gasteiger partial charge in [-0.3, -0.25) is 4.79 Å². The van der Waals surface area contributed by atoms with Crippen LogP contribution in [-0.4, -0.2) is 12.5 Å². The van der Waals surface area contributed by atoms with Crippen molar-refractivity contribution in [1.29, 1.82) is 0 Å². The number of amides is 1. The molecule has 0 saturated carbocycles. The molecule has 0 aliphatic rings. The first-order chi connectivity index (χ1) is 13.1. The highest BCUT2D eigenvalue weighted by Gasteiger charge is 2.07. The van der Waals surface area contributed by atoms with Crippen LogP contribution >= 0.6 is 31.9 Å². The predicted molar refractivity (Wildman–Crippen MR) is 113 cm³/mol. The molecule has 3 aromatic carbocycles. The lowest BCUT2D eigenvalue weighted by Gasteiger charge is -2.10. The maximum atomic E-state index is 12.1. The Morgan fingerprint density at radius 2 is 1.63 bits per heavy atom. The minimum atomic E-state index is -0.234. The number of anilines is 1. The molecule has 138 valence electrons. The normalized spacial score (nSPS) is 10.3. The highest BCUT2D eigenvalue weighted by atomic mass is 79.9. The maximum Gasteiger partial charge on any atom is 0.262 e. The van der Waals surface area contributed by atoms with Crippen molar-refractivity contribution in [2.24, 2.45) is 0 Å². The van der Waals surface area contributed by atoms with E-state index in [1.54, 1.807) is 18.2 Å². The van der Waals surface area contributed by atoms with E-state index in [-0.39, 0.29) is 12.5 Å². The fourth-order valence-corrected chi connectivity index (χ4v) is 3.47. The summed E-state index contributed by atoms with van der Waals surface area (Å²) in [6.07, 6.45) is 0. The first-order valence-electron chi connectivity index (χ1n) is 8.24. The number of benzene rings is 3. The number of hydrogen-bond acceptors (Lipinski definition) is 3. The van der Waals surface area contributed by atoms with Gasteiger partial charge in [0.1, 0.15) is 18.1 Å². The van der Waals surface area contributed by atoms with E-state index in [9.17, 15) is 4.79 Å². The second-order valence-corrected chi connectivity index (χ2v) is 7.48. The summed E-state index contributed by atoms with van der Waals surface area (Å²) in [5, 5.41) is 2.80. The Hall–Kier alpha value is -2.31. The zero-order chi connectivity index (χ0) is 19.1. The van der Waals surface area contributed by atoms with Gasteiger partial charge in [-0.2, -0.15) is 0 Å². The van der Waals surface area contributed by atoms with Crippen LogP contribution in [0.2, 0.25) is 0 Å². The molecule has 27 heavy (non-hydrogen) atoms. The predicted octanol–water partition coefficient (Wildman–Crippen LogP) is 5.81. The largest absolute Gasteiger partial charge is 0.489 e. The molecule has 0 fully saturated rings. The van der Waals surface area contributed by atoms with Crippen molar-refractivity contribution in [3.63, 3.8) is 0 Å². The molecule has 0 radical (unpaired) electrons. The van der Waals surface area contributed by atoms with Crippen LogP contribution in [0, 0.1) is 0 Å². The summed E-state index contributed by atoms with van der Waals surface area (Å²) in [6, 6.07) is 22.7. The Bertz CT molecular complexity index is 899.